The van der Waals surface area contributed by atoms with Gasteiger partial charge in [-0.1, -0.05) is 160 Å². The molecule has 0 saturated heterocycles. The third kappa shape index (κ3) is 35.4. The van der Waals surface area contributed by atoms with Crippen molar-refractivity contribution in [3.05, 3.63) is 24.8 Å². The van der Waals surface area contributed by atoms with Crippen LogP contribution in [0, 0.1) is 0 Å². The van der Waals surface area contributed by atoms with Crippen LogP contribution in [0.5, 0.6) is 0 Å². The van der Waals surface area contributed by atoms with Crippen LogP contribution in [0.4, 0.5) is 0 Å². The fourth-order valence-electron chi connectivity index (χ4n) is 5.28. The fourth-order valence-corrected chi connectivity index (χ4v) is 5.28. The molecule has 0 aliphatic rings. The predicted molar refractivity (Wildman–Crippen MR) is 172 cm³/mol. The van der Waals surface area contributed by atoms with Gasteiger partial charge in [0, 0.05) is 0 Å². The van der Waals surface area contributed by atoms with Crippen LogP contribution in [0.1, 0.15) is 193 Å². The van der Waals surface area contributed by atoms with Gasteiger partial charge in [0.05, 0.1) is 0 Å². The molecular formula is C36H71N. The van der Waals surface area contributed by atoms with Crippen molar-refractivity contribution in [1.29, 1.82) is 0 Å². The van der Waals surface area contributed by atoms with E-state index in [9.17, 15) is 0 Å². The molecule has 0 saturated carbocycles. The van der Waals surface area contributed by atoms with Crippen molar-refractivity contribution in [2.45, 2.75) is 193 Å². The van der Waals surface area contributed by atoms with Crippen molar-refractivity contribution < 1.29 is 0 Å². The fraction of sp³-hybridized carbons (Fsp3) is 0.889. The molecular weight excluding hydrogens is 446 g/mol. The molecule has 0 unspecified atom stereocenters. The van der Waals surface area contributed by atoms with Crippen molar-refractivity contribution >= 4 is 0 Å². The molecule has 0 amide bonds. The summed E-state index contributed by atoms with van der Waals surface area (Å²) >= 11 is 0. The summed E-state index contributed by atoms with van der Waals surface area (Å²) in [6.07, 6.45) is 47.8. The van der Waals surface area contributed by atoms with Gasteiger partial charge in [-0.05, 0) is 64.5 Å². The third-order valence-electron chi connectivity index (χ3n) is 7.88. The second-order valence-electron chi connectivity index (χ2n) is 11.7. The second kappa shape index (κ2) is 35.4. The highest BCUT2D eigenvalue weighted by Gasteiger charge is 1.96. The quantitative estimate of drug-likeness (QED) is 0.0674. The van der Waals surface area contributed by atoms with E-state index in [-0.39, 0.29) is 0 Å². The van der Waals surface area contributed by atoms with E-state index in [1.165, 1.54) is 199 Å². The molecule has 0 aromatic rings. The van der Waals surface area contributed by atoms with E-state index in [0.717, 1.165) is 0 Å². The van der Waals surface area contributed by atoms with Gasteiger partial charge in [0.1, 0.15) is 0 Å². The third-order valence-corrected chi connectivity index (χ3v) is 7.88. The summed E-state index contributed by atoms with van der Waals surface area (Å²) in [5, 5.41) is 3.67. The Hall–Kier alpha value is -0.560. The summed E-state index contributed by atoms with van der Waals surface area (Å²) in [5.41, 5.74) is 0. The Morgan fingerprint density at radius 3 is 1.03 bits per heavy atom. The van der Waals surface area contributed by atoms with E-state index in [1.807, 2.05) is 0 Å². The first-order chi connectivity index (χ1) is 18.4. The molecule has 0 aromatic heterocycles. The molecule has 0 bridgehead atoms. The first kappa shape index (κ1) is 36.4. The lowest BCUT2D eigenvalue weighted by atomic mass is 10.0. The Labute approximate surface area is 236 Å². The molecule has 1 nitrogen and oxygen atoms in total. The first-order valence-electron chi connectivity index (χ1n) is 17.4. The molecule has 37 heavy (non-hydrogen) atoms. The molecule has 0 rings (SSSR count). The van der Waals surface area contributed by atoms with Crippen LogP contribution >= 0.6 is 0 Å². The maximum atomic E-state index is 3.80. The van der Waals surface area contributed by atoms with E-state index in [2.05, 4.69) is 37.0 Å². The van der Waals surface area contributed by atoms with Gasteiger partial charge >= 0.3 is 0 Å². The molecule has 0 aliphatic carbocycles. The van der Waals surface area contributed by atoms with Crippen molar-refractivity contribution in [3.8, 4) is 0 Å². The van der Waals surface area contributed by atoms with Crippen molar-refractivity contribution in [2.24, 2.45) is 0 Å². The average Bonchev–Trinajstić information content (AvgIpc) is 2.91. The van der Waals surface area contributed by atoms with Gasteiger partial charge in [0.2, 0.25) is 0 Å². The highest BCUT2D eigenvalue weighted by Crippen LogP contribution is 2.14. The first-order valence-corrected chi connectivity index (χ1v) is 17.4. The maximum Gasteiger partial charge on any atom is -0.00489 e. The van der Waals surface area contributed by atoms with E-state index in [4.69, 9.17) is 0 Å². The summed E-state index contributed by atoms with van der Waals surface area (Å²) in [6, 6.07) is 0. The number of allylic oxidation sites excluding steroid dienone is 3. The van der Waals surface area contributed by atoms with Gasteiger partial charge in [-0.25, -0.2) is 0 Å². The second-order valence-corrected chi connectivity index (χ2v) is 11.7. The van der Waals surface area contributed by atoms with Gasteiger partial charge in [0.15, 0.2) is 0 Å². The Morgan fingerprint density at radius 2 is 0.676 bits per heavy atom. The topological polar surface area (TPSA) is 12.0 Å². The van der Waals surface area contributed by atoms with Crippen LogP contribution in [-0.4, -0.2) is 13.1 Å². The monoisotopic (exact) mass is 518 g/mol. The van der Waals surface area contributed by atoms with E-state index >= 15 is 0 Å². The number of hydrogen-bond acceptors (Lipinski definition) is 1. The largest absolute Gasteiger partial charge is 0.317 e. The molecule has 1 N–H and O–H groups in total. The van der Waals surface area contributed by atoms with Crippen LogP contribution in [0.3, 0.4) is 0 Å². The number of unbranched alkanes of at least 4 members (excludes halogenated alkanes) is 26. The Bertz CT molecular complexity index is 426. The Kier molecular flexibility index (Phi) is 34.9. The molecule has 0 heterocycles. The molecule has 0 spiro atoms. The minimum absolute atomic E-state index is 1.20. The highest BCUT2D eigenvalue weighted by atomic mass is 14.8. The predicted octanol–water partition coefficient (Wildman–Crippen LogP) is 12.7. The molecule has 1 heteroatoms. The van der Waals surface area contributed by atoms with Crippen LogP contribution in [0.2, 0.25) is 0 Å². The van der Waals surface area contributed by atoms with Crippen molar-refractivity contribution in [1.82, 2.24) is 5.32 Å². The smallest absolute Gasteiger partial charge is 0.00489 e. The van der Waals surface area contributed by atoms with E-state index < -0.39 is 0 Å². The zero-order valence-electron chi connectivity index (χ0n) is 25.9. The number of hydrogen-bond donors (Lipinski definition) is 1. The molecule has 0 fully saturated rings. The molecule has 0 aliphatic heterocycles. The van der Waals surface area contributed by atoms with Crippen LogP contribution < -0.4 is 5.32 Å². The molecule has 220 valence electrons. The van der Waals surface area contributed by atoms with Crippen molar-refractivity contribution in [2.75, 3.05) is 13.1 Å². The molecule has 0 radical (unpaired) electrons. The number of nitrogens with one attached hydrogen (secondary N) is 1. The lowest BCUT2D eigenvalue weighted by Crippen LogP contribution is -2.16. The Morgan fingerprint density at radius 1 is 0.378 bits per heavy atom. The maximum absolute atomic E-state index is 3.80. The lowest BCUT2D eigenvalue weighted by molar-refractivity contribution is 0.522. The zero-order chi connectivity index (χ0) is 26.7. The van der Waals surface area contributed by atoms with Gasteiger partial charge in [-0.2, -0.15) is 0 Å². The van der Waals surface area contributed by atoms with E-state index in [1.54, 1.807) is 0 Å². The van der Waals surface area contributed by atoms with Crippen molar-refractivity contribution in [3.63, 3.8) is 0 Å². The molecule has 0 atom stereocenters. The zero-order valence-corrected chi connectivity index (χ0v) is 25.9. The minimum Gasteiger partial charge on any atom is -0.317 e. The van der Waals surface area contributed by atoms with Crippen LogP contribution in [0.25, 0.3) is 0 Å². The van der Waals surface area contributed by atoms with Gasteiger partial charge in [-0.3, -0.25) is 0 Å². The summed E-state index contributed by atoms with van der Waals surface area (Å²) in [5.74, 6) is 0. The molecule has 0 aromatic carbocycles. The number of rotatable bonds is 33. The summed E-state index contributed by atoms with van der Waals surface area (Å²) in [4.78, 5) is 0. The Balaban J connectivity index is 3.05. The minimum atomic E-state index is 1.20. The summed E-state index contributed by atoms with van der Waals surface area (Å²) in [7, 11) is 0. The van der Waals surface area contributed by atoms with Gasteiger partial charge in [0.25, 0.3) is 0 Å². The van der Waals surface area contributed by atoms with Gasteiger partial charge < -0.3 is 5.32 Å². The lowest BCUT2D eigenvalue weighted by Gasteiger charge is -2.05. The van der Waals surface area contributed by atoms with Gasteiger partial charge in [-0.15, -0.1) is 6.58 Å². The normalized spacial score (nSPS) is 11.6. The SMILES string of the molecule is C=CCCCCCCCCCCCCCCCCNCCCCCCCCC=CCCCCCCCC. The summed E-state index contributed by atoms with van der Waals surface area (Å²) < 4.78 is 0. The average molecular weight is 518 g/mol. The standard InChI is InChI=1S/C36H71N/c1-3-5-7-9-11-13-15-17-19-21-23-25-27-29-31-33-35-37-36-34-32-30-28-26-24-22-20-18-16-14-12-10-8-6-4-2/h3,18,20,37H,1,4-17,19,21-36H2,2H3. The summed E-state index contributed by atoms with van der Waals surface area (Å²) in [6.45, 7) is 8.56. The van der Waals surface area contributed by atoms with E-state index in [0.29, 0.717) is 0 Å². The van der Waals surface area contributed by atoms with Crippen LogP contribution in [0.15, 0.2) is 24.8 Å². The highest BCUT2D eigenvalue weighted by molar-refractivity contribution is 4.81. The van der Waals surface area contributed by atoms with Crippen LogP contribution in [-0.2, 0) is 0 Å².